The van der Waals surface area contributed by atoms with Crippen molar-refractivity contribution in [2.75, 3.05) is 19.1 Å². The first-order valence-electron chi connectivity index (χ1n) is 3.28. The second-order valence-electron chi connectivity index (χ2n) is 2.37. The summed E-state index contributed by atoms with van der Waals surface area (Å²) in [7, 11) is 3.69. The molecule has 5 nitrogen and oxygen atoms in total. The lowest BCUT2D eigenvalue weighted by molar-refractivity contribution is 0.587. The molecular formula is C5H10N5S2. The van der Waals surface area contributed by atoms with Crippen molar-refractivity contribution in [2.24, 2.45) is 0 Å². The Balaban J connectivity index is 2.91. The Bertz CT molecular complexity index is 248. The second-order valence-corrected chi connectivity index (χ2v) is 3.22. The molecule has 0 aliphatic heterocycles. The summed E-state index contributed by atoms with van der Waals surface area (Å²) in [5.41, 5.74) is 0. The van der Waals surface area contributed by atoms with E-state index in [0.717, 1.165) is 0 Å². The van der Waals surface area contributed by atoms with Crippen molar-refractivity contribution in [2.45, 2.75) is 5.25 Å². The normalized spacial score (nSPS) is 13.0. The number of hydrogen-bond acceptors (Lipinski definition) is 6. The van der Waals surface area contributed by atoms with Crippen molar-refractivity contribution in [3.63, 3.8) is 0 Å². The Labute approximate surface area is 81.9 Å². The standard InChI is InChI=1S/C5H10N5S2/c1-9(2)10-5(4(12)3-11)6-7-8-10/h3-4,11-12H,1-2H3. The van der Waals surface area contributed by atoms with Crippen molar-refractivity contribution >= 4 is 25.3 Å². The highest BCUT2D eigenvalue weighted by molar-refractivity contribution is 7.86. The molecule has 67 valence electrons. The molecule has 0 aromatic carbocycles. The molecule has 7 heteroatoms. The van der Waals surface area contributed by atoms with Gasteiger partial charge in [-0.25, -0.2) is 0 Å². The van der Waals surface area contributed by atoms with Crippen LogP contribution in [0.4, 0.5) is 0 Å². The summed E-state index contributed by atoms with van der Waals surface area (Å²) >= 11 is 8.22. The van der Waals surface area contributed by atoms with Crippen LogP contribution >= 0.6 is 25.3 Å². The van der Waals surface area contributed by atoms with Crippen LogP contribution in [0.25, 0.3) is 0 Å². The molecule has 0 aliphatic carbocycles. The monoisotopic (exact) mass is 204 g/mol. The molecule has 0 amide bonds. The Kier molecular flexibility index (Phi) is 3.21. The first-order valence-corrected chi connectivity index (χ1v) is 4.31. The lowest BCUT2D eigenvalue weighted by atomic mass is 10.4. The van der Waals surface area contributed by atoms with Crippen LogP contribution in [-0.2, 0) is 0 Å². The maximum Gasteiger partial charge on any atom is 0.188 e. The van der Waals surface area contributed by atoms with Gasteiger partial charge in [-0.05, 0) is 10.4 Å². The Morgan fingerprint density at radius 2 is 2.25 bits per heavy atom. The van der Waals surface area contributed by atoms with Crippen LogP contribution in [0.1, 0.15) is 11.1 Å². The number of thiol groups is 2. The number of rotatable bonds is 3. The number of tetrazole rings is 1. The SMILES string of the molecule is CN(C)n1nnnc1C(S)[CH]S. The zero-order chi connectivity index (χ0) is 9.14. The van der Waals surface area contributed by atoms with Gasteiger partial charge in [-0.2, -0.15) is 25.3 Å². The summed E-state index contributed by atoms with van der Waals surface area (Å²) in [4.78, 5) is 1.56. The molecule has 1 heterocycles. The van der Waals surface area contributed by atoms with Crippen LogP contribution in [0.3, 0.4) is 0 Å². The number of nitrogens with zero attached hydrogens (tertiary/aromatic N) is 5. The van der Waals surface area contributed by atoms with Crippen LogP contribution in [0, 0.1) is 5.75 Å². The Morgan fingerprint density at radius 3 is 2.75 bits per heavy atom. The quantitative estimate of drug-likeness (QED) is 0.677. The van der Waals surface area contributed by atoms with Gasteiger partial charge in [0.2, 0.25) is 0 Å². The average Bonchev–Trinajstić information content (AvgIpc) is 2.50. The molecule has 0 saturated carbocycles. The van der Waals surface area contributed by atoms with Gasteiger partial charge in [-0.1, -0.05) is 0 Å². The van der Waals surface area contributed by atoms with Crippen molar-refractivity contribution in [1.29, 1.82) is 0 Å². The summed E-state index contributed by atoms with van der Waals surface area (Å²) in [6.07, 6.45) is 0. The Morgan fingerprint density at radius 1 is 1.58 bits per heavy atom. The molecule has 0 bridgehead atoms. The topological polar surface area (TPSA) is 46.8 Å². The third kappa shape index (κ3) is 1.84. The molecule has 1 atom stereocenters. The van der Waals surface area contributed by atoms with Gasteiger partial charge in [0.15, 0.2) is 5.82 Å². The van der Waals surface area contributed by atoms with E-state index in [1.807, 2.05) is 14.1 Å². The molecule has 1 unspecified atom stereocenters. The van der Waals surface area contributed by atoms with Crippen LogP contribution in [0.5, 0.6) is 0 Å². The van der Waals surface area contributed by atoms with Crippen molar-refractivity contribution in [3.8, 4) is 0 Å². The molecule has 1 rings (SSSR count). The molecule has 1 aromatic heterocycles. The van der Waals surface area contributed by atoms with Gasteiger partial charge in [0.1, 0.15) is 0 Å². The van der Waals surface area contributed by atoms with E-state index < -0.39 is 0 Å². The minimum Gasteiger partial charge on any atom is -0.300 e. The maximum absolute atomic E-state index is 4.23. The predicted molar refractivity (Wildman–Crippen MR) is 52.9 cm³/mol. The molecule has 0 N–H and O–H groups in total. The zero-order valence-corrected chi connectivity index (χ0v) is 8.57. The largest absolute Gasteiger partial charge is 0.300 e. The van der Waals surface area contributed by atoms with Crippen LogP contribution in [0.2, 0.25) is 0 Å². The zero-order valence-electron chi connectivity index (χ0n) is 6.79. The third-order valence-corrected chi connectivity index (χ3v) is 2.17. The highest BCUT2D eigenvalue weighted by Crippen LogP contribution is 2.20. The van der Waals surface area contributed by atoms with E-state index in [2.05, 4.69) is 40.8 Å². The van der Waals surface area contributed by atoms with Crippen molar-refractivity contribution in [1.82, 2.24) is 20.3 Å². The van der Waals surface area contributed by atoms with E-state index in [1.165, 1.54) is 0 Å². The molecule has 0 spiro atoms. The fourth-order valence-corrected chi connectivity index (χ4v) is 1.01. The lowest BCUT2D eigenvalue weighted by Gasteiger charge is -2.14. The second kappa shape index (κ2) is 3.99. The van der Waals surface area contributed by atoms with Crippen LogP contribution < -0.4 is 5.01 Å². The molecule has 1 aromatic rings. The molecule has 1 radical (unpaired) electrons. The van der Waals surface area contributed by atoms with E-state index in [9.17, 15) is 0 Å². The van der Waals surface area contributed by atoms with Crippen LogP contribution in [-0.4, -0.2) is 34.4 Å². The van der Waals surface area contributed by atoms with Gasteiger partial charge in [0.05, 0.1) is 5.25 Å². The summed E-state index contributed by atoms with van der Waals surface area (Å²) < 4.78 is 0. The molecule has 12 heavy (non-hydrogen) atoms. The van der Waals surface area contributed by atoms with Gasteiger partial charge >= 0.3 is 0 Å². The molecule has 0 fully saturated rings. The van der Waals surface area contributed by atoms with E-state index in [0.29, 0.717) is 5.82 Å². The fraction of sp³-hybridized carbons (Fsp3) is 0.600. The van der Waals surface area contributed by atoms with E-state index in [-0.39, 0.29) is 5.25 Å². The third-order valence-electron chi connectivity index (χ3n) is 1.26. The minimum atomic E-state index is -0.161. The van der Waals surface area contributed by atoms with Crippen LogP contribution in [0.15, 0.2) is 0 Å². The molecular weight excluding hydrogens is 194 g/mol. The van der Waals surface area contributed by atoms with Crippen molar-refractivity contribution in [3.05, 3.63) is 11.6 Å². The summed E-state index contributed by atoms with van der Waals surface area (Å²) in [5.74, 6) is 2.27. The molecule has 0 saturated heterocycles. The van der Waals surface area contributed by atoms with Gasteiger partial charge in [0.25, 0.3) is 0 Å². The minimum absolute atomic E-state index is 0.161. The summed E-state index contributed by atoms with van der Waals surface area (Å²) in [5, 5.41) is 12.7. The Hall–Kier alpha value is -0.430. The first-order chi connectivity index (χ1) is 5.66. The summed E-state index contributed by atoms with van der Waals surface area (Å²) in [6, 6.07) is 0. The molecule has 0 aliphatic rings. The van der Waals surface area contributed by atoms with E-state index in [4.69, 9.17) is 0 Å². The fourth-order valence-electron chi connectivity index (χ4n) is 0.719. The number of hydrogen-bond donors (Lipinski definition) is 2. The summed E-state index contributed by atoms with van der Waals surface area (Å²) in [6.45, 7) is 0. The van der Waals surface area contributed by atoms with E-state index in [1.54, 1.807) is 15.6 Å². The highest BCUT2D eigenvalue weighted by Gasteiger charge is 2.14. The van der Waals surface area contributed by atoms with Gasteiger partial charge in [-0.15, -0.1) is 9.89 Å². The van der Waals surface area contributed by atoms with Gasteiger partial charge in [-0.3, -0.25) is 5.01 Å². The first kappa shape index (κ1) is 9.66. The lowest BCUT2D eigenvalue weighted by Crippen LogP contribution is -2.28. The smallest absolute Gasteiger partial charge is 0.188 e. The average molecular weight is 204 g/mol. The predicted octanol–water partition coefficient (Wildman–Crippen LogP) is -0.0668. The highest BCUT2D eigenvalue weighted by atomic mass is 32.1. The van der Waals surface area contributed by atoms with Gasteiger partial charge < -0.3 is 0 Å². The number of aromatic nitrogens is 4. The maximum atomic E-state index is 4.23. The van der Waals surface area contributed by atoms with Crippen molar-refractivity contribution < 1.29 is 0 Å². The van der Waals surface area contributed by atoms with Gasteiger partial charge in [0, 0.05) is 19.8 Å². The van der Waals surface area contributed by atoms with E-state index >= 15 is 0 Å².